The maximum Gasteiger partial charge on any atom is 0.330 e. The quantitative estimate of drug-likeness (QED) is 0.755. The summed E-state index contributed by atoms with van der Waals surface area (Å²) in [4.78, 5) is 11.7. The van der Waals surface area contributed by atoms with Gasteiger partial charge < -0.3 is 20.3 Å². The summed E-state index contributed by atoms with van der Waals surface area (Å²) >= 11 is 0. The molecule has 2 heterocycles. The average molecular weight is 311 g/mol. The molecule has 5 heteroatoms. The number of carboxylic acid groups (broad SMARTS) is 1. The van der Waals surface area contributed by atoms with Crippen molar-refractivity contribution in [3.63, 3.8) is 0 Å². The maximum atomic E-state index is 11.7. The number of ether oxygens (including phenoxy) is 1. The van der Waals surface area contributed by atoms with E-state index in [1.807, 2.05) is 32.0 Å². The number of carboxylic acids is 1. The number of phenolic OH excluding ortho intramolecular Hbond substituents is 1. The molecule has 3 atom stereocenters. The molecule has 2 aromatic carbocycles. The fourth-order valence-corrected chi connectivity index (χ4v) is 3.81. The van der Waals surface area contributed by atoms with Crippen LogP contribution in [-0.4, -0.2) is 28.3 Å². The largest absolute Gasteiger partial charge is 0.508 e. The third-order valence-electron chi connectivity index (χ3n) is 4.75. The molecular weight excluding hydrogens is 294 g/mol. The number of phenols is 1. The summed E-state index contributed by atoms with van der Waals surface area (Å²) in [5.74, 6) is -0.212. The first kappa shape index (κ1) is 13.9. The first-order valence-corrected chi connectivity index (χ1v) is 7.56. The van der Waals surface area contributed by atoms with E-state index in [0.717, 1.165) is 28.0 Å². The predicted molar refractivity (Wildman–Crippen MR) is 85.3 cm³/mol. The van der Waals surface area contributed by atoms with Gasteiger partial charge >= 0.3 is 5.97 Å². The molecule has 23 heavy (non-hydrogen) atoms. The molecule has 0 amide bonds. The number of fused-ring (bicyclic) bond motifs is 5. The van der Waals surface area contributed by atoms with Crippen molar-refractivity contribution in [2.24, 2.45) is 0 Å². The van der Waals surface area contributed by atoms with Gasteiger partial charge in [-0.25, -0.2) is 4.79 Å². The van der Waals surface area contributed by atoms with E-state index in [1.165, 1.54) is 0 Å². The number of aromatic hydroxyl groups is 1. The Morgan fingerprint density at radius 2 is 2.00 bits per heavy atom. The number of anilines is 1. The fraction of sp³-hybridized carbons (Fsp3) is 0.278. The Kier molecular flexibility index (Phi) is 2.82. The summed E-state index contributed by atoms with van der Waals surface area (Å²) in [6.45, 7) is 3.89. The van der Waals surface area contributed by atoms with Gasteiger partial charge in [-0.05, 0) is 36.6 Å². The van der Waals surface area contributed by atoms with E-state index < -0.39 is 18.1 Å². The van der Waals surface area contributed by atoms with E-state index in [9.17, 15) is 15.0 Å². The lowest BCUT2D eigenvalue weighted by Crippen LogP contribution is -2.48. The van der Waals surface area contributed by atoms with E-state index in [4.69, 9.17) is 4.74 Å². The third kappa shape index (κ3) is 1.89. The van der Waals surface area contributed by atoms with Crippen LogP contribution in [0.2, 0.25) is 0 Å². The summed E-state index contributed by atoms with van der Waals surface area (Å²) < 4.78 is 6.05. The van der Waals surface area contributed by atoms with Gasteiger partial charge in [-0.2, -0.15) is 0 Å². The van der Waals surface area contributed by atoms with Gasteiger partial charge in [0.05, 0.1) is 5.92 Å². The predicted octanol–water partition coefficient (Wildman–Crippen LogP) is 2.78. The Morgan fingerprint density at radius 3 is 2.74 bits per heavy atom. The maximum absolute atomic E-state index is 11.7. The van der Waals surface area contributed by atoms with Crippen LogP contribution in [0.4, 0.5) is 5.69 Å². The number of nitrogens with one attached hydrogen (secondary N) is 1. The highest BCUT2D eigenvalue weighted by atomic mass is 16.5. The van der Waals surface area contributed by atoms with Crippen LogP contribution in [0.3, 0.4) is 0 Å². The minimum Gasteiger partial charge on any atom is -0.508 e. The van der Waals surface area contributed by atoms with Crippen molar-refractivity contribution in [1.82, 2.24) is 0 Å². The number of hydrogen-bond donors (Lipinski definition) is 3. The van der Waals surface area contributed by atoms with Gasteiger partial charge in [-0.3, -0.25) is 0 Å². The van der Waals surface area contributed by atoms with Crippen LogP contribution in [0.1, 0.15) is 28.2 Å². The van der Waals surface area contributed by atoms with Gasteiger partial charge in [0.15, 0.2) is 6.04 Å². The van der Waals surface area contributed by atoms with Crippen molar-refractivity contribution in [1.29, 1.82) is 0 Å². The number of hydrogen-bond acceptors (Lipinski definition) is 4. The normalized spacial score (nSPS) is 24.0. The lowest BCUT2D eigenvalue weighted by molar-refractivity contribution is -0.140. The molecule has 118 valence electrons. The lowest BCUT2D eigenvalue weighted by Gasteiger charge is -2.34. The van der Waals surface area contributed by atoms with Gasteiger partial charge in [-0.15, -0.1) is 0 Å². The second-order valence-electron chi connectivity index (χ2n) is 6.24. The summed E-state index contributed by atoms with van der Waals surface area (Å²) in [5, 5.41) is 22.5. The molecule has 0 bridgehead atoms. The van der Waals surface area contributed by atoms with E-state index in [2.05, 4.69) is 5.32 Å². The average Bonchev–Trinajstić information content (AvgIpc) is 2.86. The summed E-state index contributed by atoms with van der Waals surface area (Å²) in [6, 6.07) is 8.35. The van der Waals surface area contributed by atoms with E-state index in [0.29, 0.717) is 5.69 Å². The third-order valence-corrected chi connectivity index (χ3v) is 4.75. The van der Waals surface area contributed by atoms with Crippen molar-refractivity contribution in [3.05, 3.63) is 52.6 Å². The molecular formula is C18H17NO4. The Bertz CT molecular complexity index is 830. The zero-order valence-corrected chi connectivity index (χ0v) is 12.8. The summed E-state index contributed by atoms with van der Waals surface area (Å²) in [7, 11) is 0. The smallest absolute Gasteiger partial charge is 0.330 e. The Morgan fingerprint density at radius 1 is 1.22 bits per heavy atom. The van der Waals surface area contributed by atoms with Gasteiger partial charge in [0.25, 0.3) is 0 Å². The molecule has 0 saturated carbocycles. The van der Waals surface area contributed by atoms with Gasteiger partial charge in [-0.1, -0.05) is 18.2 Å². The molecule has 0 saturated heterocycles. The fourth-order valence-electron chi connectivity index (χ4n) is 3.81. The van der Waals surface area contributed by atoms with Crippen molar-refractivity contribution in [2.75, 3.05) is 5.32 Å². The van der Waals surface area contributed by atoms with Crippen molar-refractivity contribution >= 4 is 11.7 Å². The highest BCUT2D eigenvalue weighted by molar-refractivity contribution is 5.83. The second kappa shape index (κ2) is 4.65. The molecule has 3 N–H and O–H groups in total. The Labute approximate surface area is 133 Å². The Balaban J connectivity index is 1.98. The standard InChI is InChI=1S/C18H17NO4/c1-8-4-3-5-11-14-13-9(2)6-10(20)7-12(13)19-15(18(21)22)17(14)23-16(8)11/h3-7,14-15,17,19-20H,1-2H3,(H,21,22). The number of benzene rings is 2. The topological polar surface area (TPSA) is 78.8 Å². The first-order valence-electron chi connectivity index (χ1n) is 7.56. The zero-order valence-electron chi connectivity index (χ0n) is 12.8. The van der Waals surface area contributed by atoms with E-state index in [1.54, 1.807) is 12.1 Å². The Hall–Kier alpha value is -2.69. The zero-order chi connectivity index (χ0) is 16.3. The van der Waals surface area contributed by atoms with Crippen molar-refractivity contribution in [3.8, 4) is 11.5 Å². The minimum atomic E-state index is -0.961. The number of rotatable bonds is 1. The minimum absolute atomic E-state index is 0.125. The molecule has 0 aromatic heterocycles. The van der Waals surface area contributed by atoms with Crippen LogP contribution in [0.5, 0.6) is 11.5 Å². The highest BCUT2D eigenvalue weighted by Gasteiger charge is 2.48. The molecule has 0 aliphatic carbocycles. The van der Waals surface area contributed by atoms with Crippen LogP contribution >= 0.6 is 0 Å². The molecule has 0 fully saturated rings. The van der Waals surface area contributed by atoms with E-state index in [-0.39, 0.29) is 11.7 Å². The van der Waals surface area contributed by atoms with Crippen LogP contribution in [0.25, 0.3) is 0 Å². The van der Waals surface area contributed by atoms with Crippen LogP contribution in [-0.2, 0) is 4.79 Å². The second-order valence-corrected chi connectivity index (χ2v) is 6.24. The molecule has 2 aliphatic heterocycles. The number of para-hydroxylation sites is 1. The molecule has 3 unspecified atom stereocenters. The van der Waals surface area contributed by atoms with Crippen LogP contribution < -0.4 is 10.1 Å². The molecule has 0 spiro atoms. The molecule has 2 aromatic rings. The van der Waals surface area contributed by atoms with Gasteiger partial charge in [0.1, 0.15) is 17.6 Å². The highest BCUT2D eigenvalue weighted by Crippen LogP contribution is 2.51. The lowest BCUT2D eigenvalue weighted by atomic mass is 9.79. The van der Waals surface area contributed by atoms with Gasteiger partial charge in [0, 0.05) is 17.3 Å². The summed E-state index contributed by atoms with van der Waals surface area (Å²) in [6.07, 6.45) is -0.501. The van der Waals surface area contributed by atoms with E-state index >= 15 is 0 Å². The molecule has 2 aliphatic rings. The SMILES string of the molecule is Cc1cccc2c1OC1C(C(=O)O)Nc3cc(O)cc(C)c3C21. The summed E-state index contributed by atoms with van der Waals surface area (Å²) in [5.41, 5.74) is 4.59. The first-order chi connectivity index (χ1) is 11.0. The molecule has 4 rings (SSSR count). The monoisotopic (exact) mass is 311 g/mol. The number of aryl methyl sites for hydroxylation is 2. The molecule has 0 radical (unpaired) electrons. The number of aliphatic carboxylic acids is 1. The van der Waals surface area contributed by atoms with Crippen LogP contribution in [0.15, 0.2) is 30.3 Å². The van der Waals surface area contributed by atoms with Crippen molar-refractivity contribution < 1.29 is 19.7 Å². The molecule has 5 nitrogen and oxygen atoms in total. The van der Waals surface area contributed by atoms with Crippen LogP contribution in [0, 0.1) is 13.8 Å². The number of carbonyl (C=O) groups is 1. The van der Waals surface area contributed by atoms with Gasteiger partial charge in [0.2, 0.25) is 0 Å². The van der Waals surface area contributed by atoms with Crippen molar-refractivity contribution in [2.45, 2.75) is 31.9 Å².